The highest BCUT2D eigenvalue weighted by Crippen LogP contribution is 2.35. The monoisotopic (exact) mass is 423 g/mol. The van der Waals surface area contributed by atoms with Gasteiger partial charge in [-0.3, -0.25) is 9.36 Å². The third-order valence-electron chi connectivity index (χ3n) is 5.30. The van der Waals surface area contributed by atoms with Crippen LogP contribution in [0, 0.1) is 0 Å². The molecular formula is C21H25N7O3. The molecule has 3 aromatic rings. The lowest BCUT2D eigenvalue weighted by molar-refractivity contribution is 0.0988. The van der Waals surface area contributed by atoms with E-state index < -0.39 is 5.91 Å². The molecule has 1 aliphatic heterocycles. The Morgan fingerprint density at radius 3 is 2.39 bits per heavy atom. The Kier molecular flexibility index (Phi) is 5.49. The number of primary amides is 1. The van der Waals surface area contributed by atoms with Gasteiger partial charge in [0.2, 0.25) is 5.82 Å². The number of aromatic nitrogens is 3. The van der Waals surface area contributed by atoms with Gasteiger partial charge in [0.1, 0.15) is 5.75 Å². The maximum atomic E-state index is 12.0. The minimum atomic E-state index is -0.738. The zero-order valence-corrected chi connectivity index (χ0v) is 17.2. The number of phenols is 1. The average Bonchev–Trinajstić information content (AvgIpc) is 3.19. The number of nitrogens with two attached hydrogens (primary N) is 3. The molecule has 1 saturated heterocycles. The molecule has 1 unspecified atom stereocenters. The second-order valence-electron chi connectivity index (χ2n) is 7.45. The molecule has 0 saturated carbocycles. The van der Waals surface area contributed by atoms with E-state index in [9.17, 15) is 9.90 Å². The summed E-state index contributed by atoms with van der Waals surface area (Å²) in [6.45, 7) is 4.77. The van der Waals surface area contributed by atoms with E-state index in [2.05, 4.69) is 15.1 Å². The van der Waals surface area contributed by atoms with Crippen LogP contribution in [0.3, 0.4) is 0 Å². The van der Waals surface area contributed by atoms with E-state index in [1.807, 2.05) is 24.3 Å². The number of benzene rings is 2. The van der Waals surface area contributed by atoms with Crippen molar-refractivity contribution in [2.24, 2.45) is 11.5 Å². The number of nitrogen functional groups attached to an aromatic ring is 1. The van der Waals surface area contributed by atoms with Crippen LogP contribution in [0.15, 0.2) is 36.4 Å². The Morgan fingerprint density at radius 2 is 1.77 bits per heavy atom. The molecule has 0 radical (unpaired) electrons. The molecule has 0 aliphatic carbocycles. The molecule has 0 spiro atoms. The quantitative estimate of drug-likeness (QED) is 0.445. The van der Waals surface area contributed by atoms with Crippen LogP contribution >= 0.6 is 0 Å². The van der Waals surface area contributed by atoms with E-state index in [4.69, 9.17) is 21.9 Å². The Bertz CT molecular complexity index is 1100. The van der Waals surface area contributed by atoms with Crippen LogP contribution in [0.2, 0.25) is 0 Å². The molecule has 10 heteroatoms. The van der Waals surface area contributed by atoms with Crippen molar-refractivity contribution in [2.45, 2.75) is 13.0 Å². The number of hydrogen-bond donors (Lipinski definition) is 4. The Morgan fingerprint density at radius 1 is 1.13 bits per heavy atom. The second-order valence-corrected chi connectivity index (χ2v) is 7.45. The molecule has 1 aromatic heterocycles. The van der Waals surface area contributed by atoms with Gasteiger partial charge in [0.15, 0.2) is 5.82 Å². The summed E-state index contributed by atoms with van der Waals surface area (Å²) < 4.78 is 6.92. The van der Waals surface area contributed by atoms with Gasteiger partial charge in [0.25, 0.3) is 5.91 Å². The smallest absolute Gasteiger partial charge is 0.287 e. The van der Waals surface area contributed by atoms with Gasteiger partial charge in [0, 0.05) is 42.3 Å². The SMILES string of the molecule is CC(N)c1cc(-c2nnc(C(N)=O)n2-c2ccc(N3CCOCC3)cc2)c(O)cc1N. The van der Waals surface area contributed by atoms with Gasteiger partial charge in [-0.05, 0) is 42.8 Å². The molecule has 0 bridgehead atoms. The number of phenolic OH excluding ortho intramolecular Hbond substituents is 1. The predicted octanol–water partition coefficient (Wildman–Crippen LogP) is 1.18. The number of rotatable bonds is 5. The lowest BCUT2D eigenvalue weighted by Crippen LogP contribution is -2.36. The fraction of sp³-hybridized carbons (Fsp3) is 0.286. The summed E-state index contributed by atoms with van der Waals surface area (Å²) in [5, 5.41) is 18.6. The Balaban J connectivity index is 1.81. The summed E-state index contributed by atoms with van der Waals surface area (Å²) in [6.07, 6.45) is 0. The summed E-state index contributed by atoms with van der Waals surface area (Å²) >= 11 is 0. The van der Waals surface area contributed by atoms with Crippen molar-refractivity contribution in [2.75, 3.05) is 36.9 Å². The molecule has 4 rings (SSSR count). The van der Waals surface area contributed by atoms with Gasteiger partial charge in [-0.15, -0.1) is 10.2 Å². The zero-order chi connectivity index (χ0) is 22.1. The summed E-state index contributed by atoms with van der Waals surface area (Å²) in [5.74, 6) is -0.630. The molecule has 2 heterocycles. The molecular weight excluding hydrogens is 398 g/mol. The highest BCUT2D eigenvalue weighted by molar-refractivity contribution is 5.91. The second kappa shape index (κ2) is 8.25. The standard InChI is InChI=1S/C21H25N7O3/c1-12(22)15-10-16(18(29)11-17(15)23)20-25-26-21(19(24)30)28(20)14-4-2-13(3-5-14)27-6-8-31-9-7-27/h2-5,10-12,29H,6-9,22-23H2,1H3,(H2,24,30). The molecule has 1 atom stereocenters. The van der Waals surface area contributed by atoms with Crippen molar-refractivity contribution < 1.29 is 14.6 Å². The highest BCUT2D eigenvalue weighted by atomic mass is 16.5. The molecule has 1 aliphatic rings. The Hall–Kier alpha value is -3.63. The predicted molar refractivity (Wildman–Crippen MR) is 117 cm³/mol. The average molecular weight is 423 g/mol. The molecule has 2 aromatic carbocycles. The van der Waals surface area contributed by atoms with E-state index in [0.29, 0.717) is 35.7 Å². The van der Waals surface area contributed by atoms with E-state index in [1.165, 1.54) is 10.6 Å². The van der Waals surface area contributed by atoms with Crippen molar-refractivity contribution in [3.05, 3.63) is 47.8 Å². The number of anilines is 2. The van der Waals surface area contributed by atoms with Gasteiger partial charge in [0.05, 0.1) is 18.8 Å². The maximum absolute atomic E-state index is 12.0. The summed E-state index contributed by atoms with van der Waals surface area (Å²) in [6, 6.07) is 10.3. The fourth-order valence-corrected chi connectivity index (χ4v) is 3.69. The summed E-state index contributed by atoms with van der Waals surface area (Å²) in [7, 11) is 0. The van der Waals surface area contributed by atoms with Crippen molar-refractivity contribution in [1.82, 2.24) is 14.8 Å². The fourth-order valence-electron chi connectivity index (χ4n) is 3.69. The first kappa shape index (κ1) is 20.6. The van der Waals surface area contributed by atoms with Crippen LogP contribution in [0.25, 0.3) is 17.1 Å². The van der Waals surface area contributed by atoms with Crippen LogP contribution in [0.4, 0.5) is 11.4 Å². The van der Waals surface area contributed by atoms with Gasteiger partial charge >= 0.3 is 0 Å². The molecule has 10 nitrogen and oxygen atoms in total. The van der Waals surface area contributed by atoms with E-state index in [0.717, 1.165) is 18.8 Å². The van der Waals surface area contributed by atoms with Crippen molar-refractivity contribution in [3.63, 3.8) is 0 Å². The van der Waals surface area contributed by atoms with Crippen LogP contribution in [-0.4, -0.2) is 52.1 Å². The van der Waals surface area contributed by atoms with Gasteiger partial charge in [-0.2, -0.15) is 0 Å². The van der Waals surface area contributed by atoms with Gasteiger partial charge < -0.3 is 31.9 Å². The van der Waals surface area contributed by atoms with E-state index in [1.54, 1.807) is 13.0 Å². The maximum Gasteiger partial charge on any atom is 0.287 e. The first-order chi connectivity index (χ1) is 14.9. The first-order valence-corrected chi connectivity index (χ1v) is 9.93. The number of ether oxygens (including phenoxy) is 1. The summed E-state index contributed by atoms with van der Waals surface area (Å²) in [5.41, 5.74) is 20.6. The normalized spacial score (nSPS) is 15.1. The van der Waals surface area contributed by atoms with Crippen LogP contribution < -0.4 is 22.1 Å². The lowest BCUT2D eigenvalue weighted by Gasteiger charge is -2.29. The van der Waals surface area contributed by atoms with Gasteiger partial charge in [-0.25, -0.2) is 0 Å². The molecule has 7 N–H and O–H groups in total. The van der Waals surface area contributed by atoms with Gasteiger partial charge in [-0.1, -0.05) is 0 Å². The number of nitrogens with zero attached hydrogens (tertiary/aromatic N) is 4. The number of aromatic hydroxyl groups is 1. The van der Waals surface area contributed by atoms with Crippen LogP contribution in [0.5, 0.6) is 5.75 Å². The van der Waals surface area contributed by atoms with Crippen molar-refractivity contribution >= 4 is 17.3 Å². The molecule has 162 valence electrons. The number of carbonyl (C=O) groups is 1. The number of hydrogen-bond acceptors (Lipinski definition) is 8. The summed E-state index contributed by atoms with van der Waals surface area (Å²) in [4.78, 5) is 14.3. The lowest BCUT2D eigenvalue weighted by atomic mass is 10.0. The third-order valence-corrected chi connectivity index (χ3v) is 5.30. The van der Waals surface area contributed by atoms with Crippen LogP contribution in [0.1, 0.15) is 29.1 Å². The van der Waals surface area contributed by atoms with Crippen molar-refractivity contribution in [3.8, 4) is 22.8 Å². The minimum absolute atomic E-state index is 0.0484. The van der Waals surface area contributed by atoms with Crippen LogP contribution in [-0.2, 0) is 4.74 Å². The first-order valence-electron chi connectivity index (χ1n) is 9.93. The topological polar surface area (TPSA) is 159 Å². The minimum Gasteiger partial charge on any atom is -0.507 e. The number of carbonyl (C=O) groups excluding carboxylic acids is 1. The largest absolute Gasteiger partial charge is 0.507 e. The number of morpholine rings is 1. The van der Waals surface area contributed by atoms with E-state index in [-0.39, 0.29) is 23.4 Å². The highest BCUT2D eigenvalue weighted by Gasteiger charge is 2.23. The third kappa shape index (κ3) is 3.90. The van der Waals surface area contributed by atoms with E-state index >= 15 is 0 Å². The zero-order valence-electron chi connectivity index (χ0n) is 17.2. The Labute approximate surface area is 179 Å². The van der Waals surface area contributed by atoms with Crippen molar-refractivity contribution in [1.29, 1.82) is 0 Å². The molecule has 31 heavy (non-hydrogen) atoms. The molecule has 1 fully saturated rings. The molecule has 1 amide bonds. The number of amides is 1.